The van der Waals surface area contributed by atoms with E-state index in [2.05, 4.69) is 15.2 Å². The molecule has 0 aliphatic heterocycles. The molecule has 1 aromatic carbocycles. The second-order valence-corrected chi connectivity index (χ2v) is 3.26. The van der Waals surface area contributed by atoms with E-state index in [-0.39, 0.29) is 17.4 Å². The summed E-state index contributed by atoms with van der Waals surface area (Å²) < 4.78 is 0. The molecule has 1 N–H and O–H groups in total. The Morgan fingerprint density at radius 3 is 2.41 bits per heavy atom. The number of aromatic nitrogens is 3. The van der Waals surface area contributed by atoms with Crippen molar-refractivity contribution in [3.05, 3.63) is 60.2 Å². The maximum atomic E-state index is 11.6. The third-order valence-corrected chi connectivity index (χ3v) is 2.09. The van der Waals surface area contributed by atoms with Gasteiger partial charge in [-0.3, -0.25) is 14.7 Å². The minimum Gasteiger partial charge on any atom is -0.289 e. The quantitative estimate of drug-likeness (QED) is 0.633. The molecule has 0 aliphatic rings. The number of allylic oxidation sites excluding steroid dienone is 2. The molecule has 1 heterocycles. The van der Waals surface area contributed by atoms with Crippen LogP contribution in [0.4, 0.5) is 0 Å². The molecule has 1 aromatic heterocycles. The summed E-state index contributed by atoms with van der Waals surface area (Å²) in [6, 6.07) is 8.72. The van der Waals surface area contributed by atoms with Crippen LogP contribution in [-0.4, -0.2) is 26.7 Å². The topological polar surface area (TPSA) is 75.7 Å². The fraction of sp³-hybridized carbons (Fsp3) is 0. The van der Waals surface area contributed by atoms with Crippen LogP contribution in [0.5, 0.6) is 0 Å². The third-order valence-electron chi connectivity index (χ3n) is 2.09. The Morgan fingerprint density at radius 1 is 1.06 bits per heavy atom. The predicted molar refractivity (Wildman–Crippen MR) is 60.6 cm³/mol. The van der Waals surface area contributed by atoms with Crippen molar-refractivity contribution in [2.45, 2.75) is 0 Å². The van der Waals surface area contributed by atoms with Gasteiger partial charge in [0.2, 0.25) is 5.78 Å². The van der Waals surface area contributed by atoms with E-state index < -0.39 is 0 Å². The lowest BCUT2D eigenvalue weighted by atomic mass is 10.1. The molecule has 2 aromatic rings. The average Bonchev–Trinajstić information content (AvgIpc) is 2.90. The molecule has 0 saturated carbocycles. The number of aromatic amines is 1. The summed E-state index contributed by atoms with van der Waals surface area (Å²) in [6.07, 6.45) is 3.64. The number of hydrogen-bond acceptors (Lipinski definition) is 4. The SMILES string of the molecule is O=C(C=CC(=O)c1ncn[nH]1)c1ccccc1. The molecule has 5 nitrogen and oxygen atoms in total. The van der Waals surface area contributed by atoms with Crippen LogP contribution in [0, 0.1) is 0 Å². The van der Waals surface area contributed by atoms with Gasteiger partial charge in [0.05, 0.1) is 0 Å². The van der Waals surface area contributed by atoms with E-state index in [0.29, 0.717) is 5.56 Å². The maximum Gasteiger partial charge on any atom is 0.222 e. The third kappa shape index (κ3) is 2.72. The van der Waals surface area contributed by atoms with Gasteiger partial charge in [0, 0.05) is 5.56 Å². The fourth-order valence-electron chi connectivity index (χ4n) is 1.25. The molecule has 0 bridgehead atoms. The predicted octanol–water partition coefficient (Wildman–Crippen LogP) is 1.43. The Kier molecular flexibility index (Phi) is 3.20. The van der Waals surface area contributed by atoms with Crippen LogP contribution < -0.4 is 0 Å². The van der Waals surface area contributed by atoms with Crippen molar-refractivity contribution in [2.24, 2.45) is 0 Å². The Balaban J connectivity index is 2.07. The standard InChI is InChI=1S/C12H9N3O2/c16-10(9-4-2-1-3-5-9)6-7-11(17)12-13-8-14-15-12/h1-8H,(H,13,14,15). The van der Waals surface area contributed by atoms with Gasteiger partial charge in [0.1, 0.15) is 6.33 Å². The number of rotatable bonds is 4. The minimum atomic E-state index is -0.383. The summed E-state index contributed by atoms with van der Waals surface area (Å²) in [5.41, 5.74) is 0.536. The number of ketones is 2. The minimum absolute atomic E-state index is 0.113. The molecule has 84 valence electrons. The van der Waals surface area contributed by atoms with E-state index in [9.17, 15) is 9.59 Å². The molecule has 2 rings (SSSR count). The van der Waals surface area contributed by atoms with Crippen LogP contribution in [0.1, 0.15) is 21.0 Å². The van der Waals surface area contributed by atoms with Gasteiger partial charge < -0.3 is 0 Å². The van der Waals surface area contributed by atoms with E-state index in [1.165, 1.54) is 18.5 Å². The van der Waals surface area contributed by atoms with Crippen molar-refractivity contribution in [1.29, 1.82) is 0 Å². The van der Waals surface area contributed by atoms with Crippen molar-refractivity contribution >= 4 is 11.6 Å². The summed E-state index contributed by atoms with van der Waals surface area (Å²) in [4.78, 5) is 26.8. The van der Waals surface area contributed by atoms with Gasteiger partial charge in [-0.05, 0) is 12.2 Å². The molecule has 0 fully saturated rings. The summed E-state index contributed by atoms with van der Waals surface area (Å²) in [7, 11) is 0. The lowest BCUT2D eigenvalue weighted by Gasteiger charge is -1.93. The maximum absolute atomic E-state index is 11.6. The number of carbonyl (C=O) groups excluding carboxylic acids is 2. The smallest absolute Gasteiger partial charge is 0.222 e. The average molecular weight is 227 g/mol. The van der Waals surface area contributed by atoms with Crippen molar-refractivity contribution in [1.82, 2.24) is 15.2 Å². The number of H-pyrrole nitrogens is 1. The molecule has 0 aliphatic carbocycles. The highest BCUT2D eigenvalue weighted by Gasteiger charge is 2.06. The van der Waals surface area contributed by atoms with Gasteiger partial charge in [-0.1, -0.05) is 30.3 Å². The van der Waals surface area contributed by atoms with Gasteiger partial charge in [0.25, 0.3) is 0 Å². The first-order valence-corrected chi connectivity index (χ1v) is 4.94. The normalized spacial score (nSPS) is 10.6. The van der Waals surface area contributed by atoms with Crippen molar-refractivity contribution < 1.29 is 9.59 Å². The van der Waals surface area contributed by atoms with Gasteiger partial charge >= 0.3 is 0 Å². The van der Waals surface area contributed by atoms with Crippen LogP contribution in [0.2, 0.25) is 0 Å². The number of hydrogen-bond donors (Lipinski definition) is 1. The fourth-order valence-corrected chi connectivity index (χ4v) is 1.25. The first kappa shape index (κ1) is 10.9. The highest BCUT2D eigenvalue weighted by Crippen LogP contribution is 2.01. The zero-order chi connectivity index (χ0) is 12.1. The summed E-state index contributed by atoms with van der Waals surface area (Å²) in [5.74, 6) is -0.493. The summed E-state index contributed by atoms with van der Waals surface area (Å²) in [6.45, 7) is 0. The van der Waals surface area contributed by atoms with Crippen molar-refractivity contribution in [3.63, 3.8) is 0 Å². The van der Waals surface area contributed by atoms with Crippen LogP contribution >= 0.6 is 0 Å². The molecular weight excluding hydrogens is 218 g/mol. The molecule has 0 radical (unpaired) electrons. The second-order valence-electron chi connectivity index (χ2n) is 3.26. The second kappa shape index (κ2) is 4.98. The number of nitrogens with zero attached hydrogens (tertiary/aromatic N) is 2. The number of benzene rings is 1. The van der Waals surface area contributed by atoms with Crippen LogP contribution in [0.3, 0.4) is 0 Å². The van der Waals surface area contributed by atoms with Gasteiger partial charge in [-0.2, -0.15) is 5.10 Å². The Bertz CT molecular complexity index is 544. The number of nitrogens with one attached hydrogen (secondary N) is 1. The Hall–Kier alpha value is -2.56. The van der Waals surface area contributed by atoms with Crippen LogP contribution in [-0.2, 0) is 0 Å². The van der Waals surface area contributed by atoms with Gasteiger partial charge in [-0.15, -0.1) is 0 Å². The first-order chi connectivity index (χ1) is 8.27. The van der Waals surface area contributed by atoms with Crippen LogP contribution in [0.15, 0.2) is 48.8 Å². The molecule has 0 spiro atoms. The lowest BCUT2D eigenvalue weighted by molar-refractivity contribution is 0.101. The van der Waals surface area contributed by atoms with E-state index in [1.807, 2.05) is 6.07 Å². The Morgan fingerprint density at radius 2 is 1.76 bits per heavy atom. The molecule has 0 unspecified atom stereocenters. The van der Waals surface area contributed by atoms with E-state index in [0.717, 1.165) is 0 Å². The van der Waals surface area contributed by atoms with Crippen LogP contribution in [0.25, 0.3) is 0 Å². The highest BCUT2D eigenvalue weighted by atomic mass is 16.1. The molecular formula is C12H9N3O2. The molecule has 17 heavy (non-hydrogen) atoms. The zero-order valence-corrected chi connectivity index (χ0v) is 8.83. The molecule has 5 heteroatoms. The van der Waals surface area contributed by atoms with Crippen molar-refractivity contribution in [3.8, 4) is 0 Å². The zero-order valence-electron chi connectivity index (χ0n) is 8.83. The first-order valence-electron chi connectivity index (χ1n) is 4.94. The Labute approximate surface area is 97.2 Å². The molecule has 0 amide bonds. The lowest BCUT2D eigenvalue weighted by Crippen LogP contribution is -2.00. The largest absolute Gasteiger partial charge is 0.289 e. The number of carbonyl (C=O) groups is 2. The molecule has 0 saturated heterocycles. The van der Waals surface area contributed by atoms with E-state index >= 15 is 0 Å². The molecule has 0 atom stereocenters. The highest BCUT2D eigenvalue weighted by molar-refractivity contribution is 6.10. The van der Waals surface area contributed by atoms with Gasteiger partial charge in [0.15, 0.2) is 11.6 Å². The summed E-state index contributed by atoms with van der Waals surface area (Å²) in [5, 5.41) is 5.98. The van der Waals surface area contributed by atoms with Crippen molar-refractivity contribution in [2.75, 3.05) is 0 Å². The van der Waals surface area contributed by atoms with Gasteiger partial charge in [-0.25, -0.2) is 4.98 Å². The summed E-state index contributed by atoms with van der Waals surface area (Å²) >= 11 is 0. The van der Waals surface area contributed by atoms with E-state index in [1.54, 1.807) is 24.3 Å². The monoisotopic (exact) mass is 227 g/mol. The van der Waals surface area contributed by atoms with E-state index in [4.69, 9.17) is 0 Å².